The molecule has 2 aromatic heterocycles. The number of hydrogen-bond acceptors (Lipinski definition) is 8. The first-order valence-corrected chi connectivity index (χ1v) is 12.8. The molecule has 4 aromatic rings. The summed E-state index contributed by atoms with van der Waals surface area (Å²) in [6, 6.07) is 13.9. The lowest BCUT2D eigenvalue weighted by Gasteiger charge is -2.23. The van der Waals surface area contributed by atoms with E-state index in [0.29, 0.717) is 37.8 Å². The zero-order valence-electron chi connectivity index (χ0n) is 20.9. The quantitative estimate of drug-likeness (QED) is 0.367. The number of aromatic nitrogens is 5. The Morgan fingerprint density at radius 2 is 1.92 bits per heavy atom. The minimum Gasteiger partial charge on any atom is -0.494 e. The van der Waals surface area contributed by atoms with Gasteiger partial charge in [-0.2, -0.15) is 0 Å². The lowest BCUT2D eigenvalue weighted by molar-refractivity contribution is 0.174. The van der Waals surface area contributed by atoms with Gasteiger partial charge >= 0.3 is 0 Å². The van der Waals surface area contributed by atoms with Crippen LogP contribution < -0.4 is 19.8 Å². The van der Waals surface area contributed by atoms with E-state index < -0.39 is 0 Å². The number of tetrazole rings is 1. The minimum atomic E-state index is -0.109. The molecule has 1 N–H and O–H groups in total. The summed E-state index contributed by atoms with van der Waals surface area (Å²) >= 11 is 0. The third-order valence-corrected chi connectivity index (χ3v) is 7.04. The highest BCUT2D eigenvalue weighted by Crippen LogP contribution is 2.33. The highest BCUT2D eigenvalue weighted by molar-refractivity contribution is 5.80. The van der Waals surface area contributed by atoms with Gasteiger partial charge in [-0.05, 0) is 72.2 Å². The number of rotatable bonds is 9. The van der Waals surface area contributed by atoms with Gasteiger partial charge in [0.25, 0.3) is 5.56 Å². The highest BCUT2D eigenvalue weighted by Gasteiger charge is 2.24. The average molecular weight is 503 g/mol. The van der Waals surface area contributed by atoms with Crippen LogP contribution in [0.25, 0.3) is 10.9 Å². The molecule has 1 saturated carbocycles. The van der Waals surface area contributed by atoms with Crippen LogP contribution >= 0.6 is 0 Å². The van der Waals surface area contributed by atoms with Crippen molar-refractivity contribution in [2.45, 2.75) is 58.3 Å². The second-order valence-electron chi connectivity index (χ2n) is 9.62. The van der Waals surface area contributed by atoms with Gasteiger partial charge in [0.2, 0.25) is 6.79 Å². The average Bonchev–Trinajstić information content (AvgIpc) is 3.66. The molecular weight excluding hydrogens is 472 g/mol. The first kappa shape index (κ1) is 23.5. The Kier molecular flexibility index (Phi) is 6.48. The predicted molar refractivity (Wildman–Crippen MR) is 137 cm³/mol. The van der Waals surface area contributed by atoms with Crippen molar-refractivity contribution in [2.24, 2.45) is 0 Å². The molecule has 1 fully saturated rings. The molecule has 37 heavy (non-hydrogen) atoms. The van der Waals surface area contributed by atoms with Crippen LogP contribution in [-0.2, 0) is 19.6 Å². The van der Waals surface area contributed by atoms with E-state index in [9.17, 15) is 4.79 Å². The van der Waals surface area contributed by atoms with Gasteiger partial charge in [0.1, 0.15) is 5.75 Å². The molecule has 10 heteroatoms. The zero-order valence-corrected chi connectivity index (χ0v) is 20.9. The van der Waals surface area contributed by atoms with E-state index >= 15 is 0 Å². The molecule has 0 bridgehead atoms. The number of H-pyrrole nitrogens is 1. The van der Waals surface area contributed by atoms with Crippen molar-refractivity contribution < 1.29 is 14.2 Å². The molecule has 2 aromatic carbocycles. The predicted octanol–water partition coefficient (Wildman–Crippen LogP) is 3.96. The number of hydrogen-bond donors (Lipinski definition) is 1. The van der Waals surface area contributed by atoms with Gasteiger partial charge in [-0.25, -0.2) is 4.68 Å². The van der Waals surface area contributed by atoms with E-state index in [1.54, 1.807) is 0 Å². The summed E-state index contributed by atoms with van der Waals surface area (Å²) in [5, 5.41) is 13.6. The molecule has 1 aliphatic carbocycles. The maximum atomic E-state index is 13.1. The van der Waals surface area contributed by atoms with Gasteiger partial charge in [0, 0.05) is 29.6 Å². The van der Waals surface area contributed by atoms with E-state index in [1.807, 2.05) is 54.1 Å². The number of benzene rings is 2. The van der Waals surface area contributed by atoms with Crippen molar-refractivity contribution in [3.63, 3.8) is 0 Å². The van der Waals surface area contributed by atoms with Crippen molar-refractivity contribution in [3.8, 4) is 17.2 Å². The molecule has 1 aliphatic heterocycles. The molecule has 0 saturated heterocycles. The molecule has 0 radical (unpaired) electrons. The maximum absolute atomic E-state index is 13.1. The second-order valence-corrected chi connectivity index (χ2v) is 9.62. The van der Waals surface area contributed by atoms with Crippen LogP contribution in [0.4, 0.5) is 0 Å². The van der Waals surface area contributed by atoms with Gasteiger partial charge in [0.05, 0.1) is 19.2 Å². The van der Waals surface area contributed by atoms with Gasteiger partial charge in [-0.15, -0.1) is 5.10 Å². The molecular formula is C27H30N6O4. The van der Waals surface area contributed by atoms with Crippen LogP contribution in [0.5, 0.6) is 17.2 Å². The van der Waals surface area contributed by atoms with Crippen LogP contribution in [-0.4, -0.2) is 43.5 Å². The SMILES string of the molecule is CCOc1ccc2[nH]c(=O)c(CN(Cc3ccc4c(c3)OCO4)Cc3nnnn3C3CCCC3)cc2c1. The fourth-order valence-corrected chi connectivity index (χ4v) is 5.26. The summed E-state index contributed by atoms with van der Waals surface area (Å²) in [5.41, 5.74) is 2.40. The normalized spacial score (nSPS) is 15.2. The van der Waals surface area contributed by atoms with Crippen molar-refractivity contribution in [1.29, 1.82) is 0 Å². The maximum Gasteiger partial charge on any atom is 0.252 e. The third-order valence-electron chi connectivity index (χ3n) is 7.04. The van der Waals surface area contributed by atoms with Crippen molar-refractivity contribution in [1.82, 2.24) is 30.1 Å². The zero-order chi connectivity index (χ0) is 25.2. The van der Waals surface area contributed by atoms with Crippen LogP contribution in [0, 0.1) is 0 Å². The Balaban J connectivity index is 1.31. The Labute approximate surface area is 214 Å². The third kappa shape index (κ3) is 5.01. The summed E-state index contributed by atoms with van der Waals surface area (Å²) < 4.78 is 18.7. The van der Waals surface area contributed by atoms with Gasteiger partial charge in [-0.3, -0.25) is 9.69 Å². The van der Waals surface area contributed by atoms with Crippen LogP contribution in [0.15, 0.2) is 47.3 Å². The molecule has 0 atom stereocenters. The summed E-state index contributed by atoms with van der Waals surface area (Å²) in [6.07, 6.45) is 4.57. The van der Waals surface area contributed by atoms with Crippen molar-refractivity contribution in [2.75, 3.05) is 13.4 Å². The van der Waals surface area contributed by atoms with E-state index in [0.717, 1.165) is 52.4 Å². The second kappa shape index (κ2) is 10.2. The molecule has 192 valence electrons. The largest absolute Gasteiger partial charge is 0.494 e. The monoisotopic (exact) mass is 502 g/mol. The van der Waals surface area contributed by atoms with E-state index in [-0.39, 0.29) is 12.4 Å². The molecule has 0 spiro atoms. The molecule has 2 aliphatic rings. The molecule has 0 unspecified atom stereocenters. The lowest BCUT2D eigenvalue weighted by Crippen LogP contribution is -2.28. The minimum absolute atomic E-state index is 0.109. The molecule has 0 amide bonds. The summed E-state index contributed by atoms with van der Waals surface area (Å²) in [7, 11) is 0. The Bertz CT molecular complexity index is 1460. The van der Waals surface area contributed by atoms with E-state index in [2.05, 4.69) is 25.4 Å². The fraction of sp³-hybridized carbons (Fsp3) is 0.407. The van der Waals surface area contributed by atoms with Gasteiger partial charge in [0.15, 0.2) is 17.3 Å². The van der Waals surface area contributed by atoms with Crippen LogP contribution in [0.1, 0.15) is 55.6 Å². The number of nitrogens with one attached hydrogen (secondary N) is 1. The smallest absolute Gasteiger partial charge is 0.252 e. The van der Waals surface area contributed by atoms with Gasteiger partial charge in [-0.1, -0.05) is 18.9 Å². The van der Waals surface area contributed by atoms with Crippen molar-refractivity contribution in [3.05, 3.63) is 69.8 Å². The number of pyridine rings is 1. The standard InChI is InChI=1S/C27H30N6O4/c1-2-35-22-8-9-23-19(13-22)12-20(27(34)28-23)15-32(14-18-7-10-24-25(11-18)37-17-36-24)16-26-29-30-31-33(26)21-5-3-4-6-21/h7-13,21H,2-6,14-17H2,1H3,(H,28,34). The first-order chi connectivity index (χ1) is 18.2. The Hall–Kier alpha value is -3.92. The highest BCUT2D eigenvalue weighted by atomic mass is 16.7. The molecule has 6 rings (SSSR count). The van der Waals surface area contributed by atoms with Crippen LogP contribution in [0.3, 0.4) is 0 Å². The topological polar surface area (TPSA) is 107 Å². The Morgan fingerprint density at radius 1 is 1.05 bits per heavy atom. The lowest BCUT2D eigenvalue weighted by atomic mass is 10.1. The molecule has 3 heterocycles. The molecule has 10 nitrogen and oxygen atoms in total. The Morgan fingerprint density at radius 3 is 2.78 bits per heavy atom. The number of fused-ring (bicyclic) bond motifs is 2. The summed E-state index contributed by atoms with van der Waals surface area (Å²) in [5.74, 6) is 3.07. The number of aromatic amines is 1. The van der Waals surface area contributed by atoms with E-state index in [4.69, 9.17) is 14.2 Å². The number of ether oxygens (including phenoxy) is 3. The fourth-order valence-electron chi connectivity index (χ4n) is 5.26. The van der Waals surface area contributed by atoms with Crippen LogP contribution in [0.2, 0.25) is 0 Å². The summed E-state index contributed by atoms with van der Waals surface area (Å²) in [4.78, 5) is 18.3. The summed E-state index contributed by atoms with van der Waals surface area (Å²) in [6.45, 7) is 4.29. The van der Waals surface area contributed by atoms with E-state index in [1.165, 1.54) is 12.8 Å². The van der Waals surface area contributed by atoms with Crippen molar-refractivity contribution >= 4 is 10.9 Å². The van der Waals surface area contributed by atoms with Gasteiger partial charge < -0.3 is 19.2 Å². The number of nitrogens with zero attached hydrogens (tertiary/aromatic N) is 5. The first-order valence-electron chi connectivity index (χ1n) is 12.8.